The molecule has 194 valence electrons. The number of benzene rings is 2. The highest BCUT2D eigenvalue weighted by atomic mass is 35.5. The number of hydrogen-bond donors (Lipinski definition) is 4. The molecule has 0 fully saturated rings. The summed E-state index contributed by atoms with van der Waals surface area (Å²) in [5.74, 6) is 2.02. The molecule has 3 aromatic rings. The lowest BCUT2D eigenvalue weighted by Crippen LogP contribution is -2.11. The van der Waals surface area contributed by atoms with Crippen LogP contribution in [0.3, 0.4) is 0 Å². The molecule has 0 atom stereocenters. The smallest absolute Gasteiger partial charge is 0.229 e. The molecular formula is C22H26ClN5O7S. The lowest BCUT2D eigenvalue weighted by molar-refractivity contribution is 0.196. The predicted octanol–water partition coefficient (Wildman–Crippen LogP) is 3.39. The Hall–Kier alpha value is -3.68. The van der Waals surface area contributed by atoms with Crippen LogP contribution in [0.2, 0.25) is 5.02 Å². The van der Waals surface area contributed by atoms with Crippen molar-refractivity contribution < 1.29 is 32.5 Å². The van der Waals surface area contributed by atoms with Gasteiger partial charge in [0.25, 0.3) is 0 Å². The van der Waals surface area contributed by atoms with Crippen LogP contribution in [0.4, 0.5) is 28.8 Å². The van der Waals surface area contributed by atoms with Crippen LogP contribution in [0.15, 0.2) is 36.5 Å². The summed E-state index contributed by atoms with van der Waals surface area (Å²) >= 11 is 6.31. The van der Waals surface area contributed by atoms with Gasteiger partial charge in [-0.3, -0.25) is 4.72 Å². The molecule has 0 amide bonds. The Labute approximate surface area is 213 Å². The number of hydrogen-bond acceptors (Lipinski definition) is 11. The fraction of sp³-hybridized carbons (Fsp3) is 0.273. The summed E-state index contributed by atoms with van der Waals surface area (Å²) in [5, 5.41) is 15.3. The first-order valence-corrected chi connectivity index (χ1v) is 12.7. The van der Waals surface area contributed by atoms with E-state index in [9.17, 15) is 8.42 Å². The van der Waals surface area contributed by atoms with Crippen molar-refractivity contribution in [2.75, 3.05) is 56.2 Å². The summed E-state index contributed by atoms with van der Waals surface area (Å²) in [4.78, 5) is 8.61. The molecule has 36 heavy (non-hydrogen) atoms. The number of aliphatic hydroxyl groups excluding tert-OH is 1. The van der Waals surface area contributed by atoms with Crippen LogP contribution >= 0.6 is 11.6 Å². The van der Waals surface area contributed by atoms with Gasteiger partial charge in [0.15, 0.2) is 17.3 Å². The fourth-order valence-electron chi connectivity index (χ4n) is 3.04. The van der Waals surface area contributed by atoms with E-state index in [1.165, 1.54) is 33.6 Å². The first kappa shape index (κ1) is 26.9. The van der Waals surface area contributed by atoms with Crippen LogP contribution < -0.4 is 34.3 Å². The van der Waals surface area contributed by atoms with E-state index in [0.29, 0.717) is 34.4 Å². The number of aromatic nitrogens is 2. The standard InChI is InChI=1S/C22H26ClN5O7S/c1-32-13-5-6-15(16(9-13)28-36(4,30)31)25-21-14(23)12-24-22(27-21)26-17-10-19(34-3)20(35-8-7-29)11-18(17)33-2/h5-6,9-12,28-29H,7-8H2,1-4H3,(H2,24,25,26,27). The van der Waals surface area contributed by atoms with E-state index >= 15 is 0 Å². The molecule has 0 unspecified atom stereocenters. The molecule has 4 N–H and O–H groups in total. The number of nitrogens with zero attached hydrogens (tertiary/aromatic N) is 2. The Morgan fingerprint density at radius 2 is 1.69 bits per heavy atom. The SMILES string of the molecule is COc1ccc(Nc2nc(Nc3cc(OC)c(OCCO)cc3OC)ncc2Cl)c(NS(C)(=O)=O)c1. The van der Waals surface area contributed by atoms with Gasteiger partial charge in [0.2, 0.25) is 16.0 Å². The minimum atomic E-state index is -3.57. The van der Waals surface area contributed by atoms with Crippen molar-refractivity contribution >= 4 is 50.5 Å². The van der Waals surface area contributed by atoms with Crippen LogP contribution in [0.5, 0.6) is 23.0 Å². The molecule has 0 spiro atoms. The fourth-order valence-corrected chi connectivity index (χ4v) is 3.75. The summed E-state index contributed by atoms with van der Waals surface area (Å²) in [6.45, 7) is -0.0708. The van der Waals surface area contributed by atoms with Crippen molar-refractivity contribution in [3.63, 3.8) is 0 Å². The Balaban J connectivity index is 1.93. The van der Waals surface area contributed by atoms with Crippen molar-refractivity contribution in [1.29, 1.82) is 0 Å². The zero-order valence-corrected chi connectivity index (χ0v) is 21.5. The highest BCUT2D eigenvalue weighted by Gasteiger charge is 2.16. The number of nitrogens with one attached hydrogen (secondary N) is 3. The number of methoxy groups -OCH3 is 3. The summed E-state index contributed by atoms with van der Waals surface area (Å²) in [6, 6.07) is 8.04. The van der Waals surface area contributed by atoms with Gasteiger partial charge in [-0.2, -0.15) is 4.98 Å². The van der Waals surface area contributed by atoms with E-state index in [1.54, 1.807) is 24.3 Å². The van der Waals surface area contributed by atoms with Gasteiger partial charge in [-0.25, -0.2) is 13.4 Å². The maximum absolute atomic E-state index is 11.8. The molecule has 0 saturated carbocycles. The highest BCUT2D eigenvalue weighted by Crippen LogP contribution is 2.39. The molecule has 0 saturated heterocycles. The summed E-state index contributed by atoms with van der Waals surface area (Å²) in [7, 11) is 0.865. The van der Waals surface area contributed by atoms with E-state index in [2.05, 4.69) is 25.3 Å². The lowest BCUT2D eigenvalue weighted by atomic mass is 10.2. The maximum atomic E-state index is 11.8. The normalized spacial score (nSPS) is 10.9. The number of rotatable bonds is 12. The zero-order chi connectivity index (χ0) is 26.3. The average Bonchev–Trinajstić information content (AvgIpc) is 2.84. The van der Waals surface area contributed by atoms with E-state index in [4.69, 9.17) is 35.7 Å². The van der Waals surface area contributed by atoms with E-state index < -0.39 is 10.0 Å². The predicted molar refractivity (Wildman–Crippen MR) is 137 cm³/mol. The van der Waals surface area contributed by atoms with Gasteiger partial charge in [-0.05, 0) is 12.1 Å². The molecule has 0 radical (unpaired) electrons. The number of halogens is 1. The molecule has 0 aliphatic rings. The van der Waals surface area contributed by atoms with E-state index in [0.717, 1.165) is 6.26 Å². The van der Waals surface area contributed by atoms with Gasteiger partial charge < -0.3 is 34.7 Å². The van der Waals surface area contributed by atoms with Crippen LogP contribution in [0.25, 0.3) is 0 Å². The monoisotopic (exact) mass is 539 g/mol. The molecule has 2 aromatic carbocycles. The quantitative estimate of drug-likeness (QED) is 0.268. The first-order chi connectivity index (χ1) is 17.2. The van der Waals surface area contributed by atoms with Crippen molar-refractivity contribution in [3.8, 4) is 23.0 Å². The van der Waals surface area contributed by atoms with E-state index in [1.807, 2.05) is 0 Å². The third-order valence-electron chi connectivity index (χ3n) is 4.60. The minimum Gasteiger partial charge on any atom is -0.497 e. The highest BCUT2D eigenvalue weighted by molar-refractivity contribution is 7.92. The molecular weight excluding hydrogens is 514 g/mol. The molecule has 12 nitrogen and oxygen atoms in total. The molecule has 14 heteroatoms. The van der Waals surface area contributed by atoms with Gasteiger partial charge in [-0.15, -0.1) is 0 Å². The summed E-state index contributed by atoms with van der Waals surface area (Å²) in [5.41, 5.74) is 1.10. The number of anilines is 5. The van der Waals surface area contributed by atoms with Crippen LogP contribution in [0, 0.1) is 0 Å². The van der Waals surface area contributed by atoms with Gasteiger partial charge in [0.05, 0.1) is 57.5 Å². The molecule has 0 aliphatic carbocycles. The molecule has 0 aliphatic heterocycles. The van der Waals surface area contributed by atoms with Gasteiger partial charge >= 0.3 is 0 Å². The Bertz CT molecular complexity index is 1320. The zero-order valence-electron chi connectivity index (χ0n) is 20.0. The van der Waals surface area contributed by atoms with Gasteiger partial charge in [-0.1, -0.05) is 11.6 Å². The lowest BCUT2D eigenvalue weighted by Gasteiger charge is -2.17. The average molecular weight is 540 g/mol. The molecule has 1 heterocycles. The molecule has 0 bridgehead atoms. The van der Waals surface area contributed by atoms with Gasteiger partial charge in [0, 0.05) is 18.2 Å². The van der Waals surface area contributed by atoms with Crippen LogP contribution in [-0.4, -0.2) is 64.3 Å². The minimum absolute atomic E-state index is 0.0865. The number of sulfonamides is 1. The summed E-state index contributed by atoms with van der Waals surface area (Å²) in [6.07, 6.45) is 2.42. The third-order valence-corrected chi connectivity index (χ3v) is 5.47. The number of ether oxygens (including phenoxy) is 4. The first-order valence-electron chi connectivity index (χ1n) is 10.4. The topological polar surface area (TPSA) is 153 Å². The van der Waals surface area contributed by atoms with Crippen LogP contribution in [0.1, 0.15) is 0 Å². The van der Waals surface area contributed by atoms with Crippen molar-refractivity contribution in [3.05, 3.63) is 41.6 Å². The van der Waals surface area contributed by atoms with Crippen molar-refractivity contribution in [2.24, 2.45) is 0 Å². The molecule has 1 aromatic heterocycles. The third kappa shape index (κ3) is 6.93. The molecule has 3 rings (SSSR count). The Kier molecular flexibility index (Phi) is 8.85. The van der Waals surface area contributed by atoms with Crippen molar-refractivity contribution in [1.82, 2.24) is 9.97 Å². The van der Waals surface area contributed by atoms with Gasteiger partial charge in [0.1, 0.15) is 23.1 Å². The van der Waals surface area contributed by atoms with Crippen LogP contribution in [-0.2, 0) is 10.0 Å². The second kappa shape index (κ2) is 11.8. The second-order valence-corrected chi connectivity index (χ2v) is 9.36. The second-order valence-electron chi connectivity index (χ2n) is 7.20. The Morgan fingerprint density at radius 1 is 0.944 bits per heavy atom. The maximum Gasteiger partial charge on any atom is 0.229 e. The largest absolute Gasteiger partial charge is 0.497 e. The summed E-state index contributed by atoms with van der Waals surface area (Å²) < 4.78 is 47.6. The Morgan fingerprint density at radius 3 is 2.33 bits per heavy atom. The van der Waals surface area contributed by atoms with Crippen molar-refractivity contribution in [2.45, 2.75) is 0 Å². The number of aliphatic hydroxyl groups is 1. The van der Waals surface area contributed by atoms with E-state index in [-0.39, 0.29) is 35.7 Å².